The van der Waals surface area contributed by atoms with Crippen LogP contribution in [0.1, 0.15) is 36.6 Å². The van der Waals surface area contributed by atoms with Gasteiger partial charge in [-0.15, -0.1) is 0 Å². The van der Waals surface area contributed by atoms with Crippen LogP contribution in [-0.4, -0.2) is 31.7 Å². The maximum Gasteiger partial charge on any atom is 0.338 e. The predicted octanol–water partition coefficient (Wildman–Crippen LogP) is 5.27. The lowest BCUT2D eigenvalue weighted by Gasteiger charge is -2.08. The zero-order valence-corrected chi connectivity index (χ0v) is 17.3. The van der Waals surface area contributed by atoms with Crippen molar-refractivity contribution in [1.82, 2.24) is 19.1 Å². The monoisotopic (exact) mass is 430 g/mol. The van der Waals surface area contributed by atoms with Gasteiger partial charge in [0.1, 0.15) is 5.82 Å². The van der Waals surface area contributed by atoms with Crippen LogP contribution in [0.2, 0.25) is 0 Å². The number of imidazole rings is 2. The maximum atomic E-state index is 13.7. The number of aromatic nitrogens is 4. The molecule has 156 valence electrons. The normalized spacial score (nSPS) is 11.6. The average molecular weight is 430 g/mol. The minimum Gasteiger partial charge on any atom is -0.462 e. The molecule has 4 rings (SSSR count). The van der Waals surface area contributed by atoms with Gasteiger partial charge in [-0.1, -0.05) is 23.9 Å². The quantitative estimate of drug-likeness (QED) is 0.295. The molecular weight excluding hydrogens is 410 g/mol. The number of carbonyl (C=O) groups is 1. The second-order valence-corrected chi connectivity index (χ2v) is 7.46. The van der Waals surface area contributed by atoms with Crippen LogP contribution in [0, 0.1) is 0 Å². The molecule has 0 saturated carbocycles. The van der Waals surface area contributed by atoms with Crippen LogP contribution in [-0.2, 0) is 17.0 Å². The summed E-state index contributed by atoms with van der Waals surface area (Å²) in [7, 11) is 0. The fourth-order valence-corrected chi connectivity index (χ4v) is 4.42. The molecular formula is C21H20F2N4O2S. The van der Waals surface area contributed by atoms with E-state index in [2.05, 4.69) is 9.97 Å². The number of carbonyl (C=O) groups excluding carboxylic acids is 1. The first-order valence-corrected chi connectivity index (χ1v) is 10.6. The van der Waals surface area contributed by atoms with Crippen LogP contribution in [0.3, 0.4) is 0 Å². The van der Waals surface area contributed by atoms with Gasteiger partial charge in [0.25, 0.3) is 0 Å². The standard InChI is InChI=1S/C21H20F2N4O2S/c1-3-26-16-10-9-13(19(28)29-4-2)11-15(16)25-21(26)30-12-18-24-14-7-5-6-8-17(14)27(18)20(22)23/h5-11,20H,3-4,12H2,1-2H3. The number of esters is 1. The minimum absolute atomic E-state index is 0.243. The summed E-state index contributed by atoms with van der Waals surface area (Å²) in [6.07, 6.45) is 0. The van der Waals surface area contributed by atoms with E-state index in [0.717, 1.165) is 10.1 Å². The van der Waals surface area contributed by atoms with Gasteiger partial charge in [0, 0.05) is 6.54 Å². The summed E-state index contributed by atoms with van der Waals surface area (Å²) in [6, 6.07) is 12.1. The van der Waals surface area contributed by atoms with Gasteiger partial charge in [0.05, 0.1) is 40.0 Å². The van der Waals surface area contributed by atoms with Crippen molar-refractivity contribution in [2.45, 2.75) is 37.9 Å². The fourth-order valence-electron chi connectivity index (χ4n) is 3.41. The van der Waals surface area contributed by atoms with Gasteiger partial charge < -0.3 is 9.30 Å². The third-order valence-electron chi connectivity index (χ3n) is 4.73. The van der Waals surface area contributed by atoms with E-state index in [0.29, 0.717) is 40.4 Å². The molecule has 2 aromatic carbocycles. The molecule has 0 N–H and O–H groups in total. The van der Waals surface area contributed by atoms with Crippen LogP contribution in [0.15, 0.2) is 47.6 Å². The lowest BCUT2D eigenvalue weighted by molar-refractivity contribution is 0.0526. The minimum atomic E-state index is -2.68. The van der Waals surface area contributed by atoms with E-state index >= 15 is 0 Å². The van der Waals surface area contributed by atoms with E-state index in [1.54, 1.807) is 43.3 Å². The molecule has 0 radical (unpaired) electrons. The summed E-state index contributed by atoms with van der Waals surface area (Å²) < 4.78 is 35.3. The van der Waals surface area contributed by atoms with Crippen molar-refractivity contribution in [3.05, 3.63) is 53.9 Å². The molecule has 6 nitrogen and oxygen atoms in total. The molecule has 0 aliphatic carbocycles. The molecule has 9 heteroatoms. The Morgan fingerprint density at radius 2 is 1.90 bits per heavy atom. The van der Waals surface area contributed by atoms with Gasteiger partial charge in [-0.05, 0) is 44.2 Å². The van der Waals surface area contributed by atoms with Crippen molar-refractivity contribution < 1.29 is 18.3 Å². The van der Waals surface area contributed by atoms with Crippen molar-refractivity contribution in [1.29, 1.82) is 0 Å². The Balaban J connectivity index is 1.66. The van der Waals surface area contributed by atoms with Crippen molar-refractivity contribution in [2.24, 2.45) is 0 Å². The van der Waals surface area contributed by atoms with Crippen LogP contribution in [0.5, 0.6) is 0 Å². The average Bonchev–Trinajstić information content (AvgIpc) is 3.29. The third-order valence-corrected chi connectivity index (χ3v) is 5.71. The van der Waals surface area contributed by atoms with Crippen LogP contribution < -0.4 is 0 Å². The summed E-state index contributed by atoms with van der Waals surface area (Å²) >= 11 is 1.34. The summed E-state index contributed by atoms with van der Waals surface area (Å²) in [5.41, 5.74) is 2.91. The lowest BCUT2D eigenvalue weighted by Crippen LogP contribution is -2.04. The van der Waals surface area contributed by atoms with E-state index < -0.39 is 12.5 Å². The number of thioether (sulfide) groups is 1. The maximum absolute atomic E-state index is 13.7. The molecule has 0 aliphatic heterocycles. The molecule has 0 spiro atoms. The van der Waals surface area contributed by atoms with Gasteiger partial charge in [-0.2, -0.15) is 8.78 Å². The second kappa shape index (κ2) is 8.43. The molecule has 0 saturated heterocycles. The Morgan fingerprint density at radius 3 is 2.63 bits per heavy atom. The highest BCUT2D eigenvalue weighted by Crippen LogP contribution is 2.30. The first-order valence-electron chi connectivity index (χ1n) is 9.57. The second-order valence-electron chi connectivity index (χ2n) is 6.52. The summed E-state index contributed by atoms with van der Waals surface area (Å²) in [6.45, 7) is 2.02. The largest absolute Gasteiger partial charge is 0.462 e. The molecule has 4 aromatic rings. The number of benzene rings is 2. The Bertz CT molecular complexity index is 1220. The van der Waals surface area contributed by atoms with Gasteiger partial charge in [-0.25, -0.2) is 14.8 Å². The third kappa shape index (κ3) is 3.65. The fraction of sp³-hybridized carbons (Fsp3) is 0.286. The molecule has 0 fully saturated rings. The molecule has 0 amide bonds. The smallest absolute Gasteiger partial charge is 0.338 e. The lowest BCUT2D eigenvalue weighted by atomic mass is 10.2. The van der Waals surface area contributed by atoms with Gasteiger partial charge >= 0.3 is 12.5 Å². The summed E-state index contributed by atoms with van der Waals surface area (Å²) in [5.74, 6) is 0.135. The van der Waals surface area contributed by atoms with Crippen LogP contribution in [0.4, 0.5) is 8.78 Å². The Morgan fingerprint density at radius 1 is 1.10 bits per heavy atom. The number of ether oxygens (including phenoxy) is 1. The van der Waals surface area contributed by atoms with Crippen molar-refractivity contribution >= 4 is 39.8 Å². The highest BCUT2D eigenvalue weighted by Gasteiger charge is 2.19. The first kappa shape index (κ1) is 20.3. The number of para-hydroxylation sites is 2. The summed E-state index contributed by atoms with van der Waals surface area (Å²) in [5, 5.41) is 0.682. The van der Waals surface area contributed by atoms with E-state index in [4.69, 9.17) is 4.74 Å². The van der Waals surface area contributed by atoms with Gasteiger partial charge in [0.15, 0.2) is 5.16 Å². The molecule has 2 aromatic heterocycles. The number of hydrogen-bond donors (Lipinski definition) is 0. The topological polar surface area (TPSA) is 61.9 Å². The molecule has 2 heterocycles. The summed E-state index contributed by atoms with van der Waals surface area (Å²) in [4.78, 5) is 21.0. The first-order chi connectivity index (χ1) is 14.5. The van der Waals surface area contributed by atoms with Crippen molar-refractivity contribution in [3.8, 4) is 0 Å². The number of rotatable bonds is 7. The van der Waals surface area contributed by atoms with Gasteiger partial charge in [0.2, 0.25) is 0 Å². The molecule has 0 bridgehead atoms. The Kier molecular flexibility index (Phi) is 5.72. The van der Waals surface area contributed by atoms with E-state index in [-0.39, 0.29) is 11.6 Å². The highest BCUT2D eigenvalue weighted by atomic mass is 32.2. The zero-order valence-electron chi connectivity index (χ0n) is 16.5. The molecule has 0 atom stereocenters. The Labute approximate surface area is 175 Å². The zero-order chi connectivity index (χ0) is 21.3. The Hall–Kier alpha value is -2.94. The van der Waals surface area contributed by atoms with Crippen LogP contribution in [0.25, 0.3) is 22.1 Å². The van der Waals surface area contributed by atoms with Gasteiger partial charge in [-0.3, -0.25) is 4.57 Å². The van der Waals surface area contributed by atoms with Crippen LogP contribution >= 0.6 is 11.8 Å². The van der Waals surface area contributed by atoms with E-state index in [9.17, 15) is 13.6 Å². The molecule has 0 aliphatic rings. The SMILES string of the molecule is CCOC(=O)c1ccc2c(c1)nc(SCc1nc3ccccc3n1C(F)F)n2CC. The number of nitrogens with zero attached hydrogens (tertiary/aromatic N) is 4. The number of aryl methyl sites for hydroxylation is 1. The number of halogens is 2. The molecule has 30 heavy (non-hydrogen) atoms. The van der Waals surface area contributed by atoms with E-state index in [1.807, 2.05) is 17.6 Å². The number of hydrogen-bond acceptors (Lipinski definition) is 5. The van der Waals surface area contributed by atoms with Crippen molar-refractivity contribution in [3.63, 3.8) is 0 Å². The number of fused-ring (bicyclic) bond motifs is 2. The van der Waals surface area contributed by atoms with E-state index in [1.165, 1.54) is 11.8 Å². The number of alkyl halides is 2. The predicted molar refractivity (Wildman–Crippen MR) is 112 cm³/mol. The highest BCUT2D eigenvalue weighted by molar-refractivity contribution is 7.98. The van der Waals surface area contributed by atoms with Crippen molar-refractivity contribution in [2.75, 3.05) is 6.61 Å². The molecule has 0 unspecified atom stereocenters.